The molecule has 0 bridgehead atoms. The smallest absolute Gasteiger partial charge is 0.335 e. The lowest BCUT2D eigenvalue weighted by Crippen LogP contribution is -2.63. The van der Waals surface area contributed by atoms with E-state index in [1.807, 2.05) is 0 Å². The van der Waals surface area contributed by atoms with Crippen LogP contribution in [0.5, 0.6) is 5.88 Å². The molecule has 7 nitrogen and oxygen atoms in total. The molecule has 1 saturated heterocycles. The second-order valence-electron chi connectivity index (χ2n) is 5.25. The topological polar surface area (TPSA) is 88.6 Å². The molecule has 1 N–H and O–H groups in total. The number of nitrogens with zero attached hydrogens (tertiary/aromatic N) is 2. The number of carbonyl (C=O) groups is 3. The fraction of sp³-hybridized carbons (Fsp3) is 0.429. The van der Waals surface area contributed by atoms with Gasteiger partial charge in [-0.2, -0.15) is 0 Å². The molecule has 0 radical (unpaired) electrons. The highest BCUT2D eigenvalue weighted by Gasteiger charge is 2.55. The standard InChI is InChI=1S/C14H15N3O4/c1-21-10-5-4-9(8-15-10)17-12(19)14(6-2-3-7-14)11(18)16-13(17)20/h4-5,8H,2-3,6-7H2,1H3,(H,16,18,20). The molecular formula is C14H15N3O4. The molecule has 4 amide bonds. The van der Waals surface area contributed by atoms with Crippen molar-refractivity contribution in [1.82, 2.24) is 10.3 Å². The van der Waals surface area contributed by atoms with Crippen LogP contribution in [0.4, 0.5) is 10.5 Å². The van der Waals surface area contributed by atoms with Crippen molar-refractivity contribution < 1.29 is 19.1 Å². The fourth-order valence-corrected chi connectivity index (χ4v) is 2.96. The lowest BCUT2D eigenvalue weighted by Gasteiger charge is -2.36. The van der Waals surface area contributed by atoms with Gasteiger partial charge in [-0.1, -0.05) is 12.8 Å². The van der Waals surface area contributed by atoms with Crippen LogP contribution in [0, 0.1) is 5.41 Å². The van der Waals surface area contributed by atoms with Crippen LogP contribution in [-0.2, 0) is 9.59 Å². The molecule has 0 aromatic carbocycles. The van der Waals surface area contributed by atoms with Crippen molar-refractivity contribution in [2.24, 2.45) is 5.41 Å². The van der Waals surface area contributed by atoms with E-state index in [4.69, 9.17) is 4.74 Å². The van der Waals surface area contributed by atoms with Crippen molar-refractivity contribution in [3.8, 4) is 5.88 Å². The number of amides is 4. The zero-order chi connectivity index (χ0) is 15.0. The number of nitrogens with one attached hydrogen (secondary N) is 1. The fourth-order valence-electron chi connectivity index (χ4n) is 2.96. The lowest BCUT2D eigenvalue weighted by molar-refractivity contribution is -0.142. The first-order chi connectivity index (χ1) is 10.1. The van der Waals surface area contributed by atoms with Crippen LogP contribution in [0.3, 0.4) is 0 Å². The van der Waals surface area contributed by atoms with E-state index in [0.717, 1.165) is 17.7 Å². The van der Waals surface area contributed by atoms with E-state index in [1.165, 1.54) is 13.3 Å². The molecule has 2 aliphatic rings. The molecule has 2 fully saturated rings. The molecule has 1 spiro atoms. The summed E-state index contributed by atoms with van der Waals surface area (Å²) in [6.07, 6.45) is 3.95. The molecule has 7 heteroatoms. The summed E-state index contributed by atoms with van der Waals surface area (Å²) in [6, 6.07) is 2.41. The predicted molar refractivity (Wildman–Crippen MR) is 72.7 cm³/mol. The molecule has 1 aromatic heterocycles. The van der Waals surface area contributed by atoms with Crippen molar-refractivity contribution in [3.63, 3.8) is 0 Å². The van der Waals surface area contributed by atoms with E-state index in [-0.39, 0.29) is 0 Å². The van der Waals surface area contributed by atoms with Gasteiger partial charge < -0.3 is 4.74 Å². The van der Waals surface area contributed by atoms with Gasteiger partial charge in [0.25, 0.3) is 5.91 Å². The minimum atomic E-state index is -1.10. The number of urea groups is 1. The molecule has 21 heavy (non-hydrogen) atoms. The number of hydrogen-bond acceptors (Lipinski definition) is 5. The zero-order valence-corrected chi connectivity index (χ0v) is 11.6. The Kier molecular flexibility index (Phi) is 3.12. The van der Waals surface area contributed by atoms with Gasteiger partial charge >= 0.3 is 6.03 Å². The second kappa shape index (κ2) is 4.83. The highest BCUT2D eigenvalue weighted by Crippen LogP contribution is 2.42. The maximum atomic E-state index is 12.7. The molecule has 3 rings (SSSR count). The molecular weight excluding hydrogens is 274 g/mol. The van der Waals surface area contributed by atoms with Gasteiger partial charge in [-0.25, -0.2) is 14.7 Å². The highest BCUT2D eigenvalue weighted by molar-refractivity contribution is 6.29. The summed E-state index contributed by atoms with van der Waals surface area (Å²) in [5, 5.41) is 2.29. The van der Waals surface area contributed by atoms with Crippen LogP contribution in [0.2, 0.25) is 0 Å². The number of pyridine rings is 1. The summed E-state index contributed by atoms with van der Waals surface area (Å²) in [4.78, 5) is 41.8. The van der Waals surface area contributed by atoms with Crippen LogP contribution < -0.4 is 15.0 Å². The van der Waals surface area contributed by atoms with Gasteiger partial charge in [0.05, 0.1) is 19.0 Å². The molecule has 1 aliphatic heterocycles. The number of methoxy groups -OCH3 is 1. The van der Waals surface area contributed by atoms with E-state index in [1.54, 1.807) is 12.1 Å². The van der Waals surface area contributed by atoms with Crippen molar-refractivity contribution in [1.29, 1.82) is 0 Å². The first kappa shape index (κ1) is 13.5. The molecule has 2 heterocycles. The molecule has 0 unspecified atom stereocenters. The number of ether oxygens (including phenoxy) is 1. The van der Waals surface area contributed by atoms with Gasteiger partial charge in [-0.3, -0.25) is 14.9 Å². The van der Waals surface area contributed by atoms with Crippen LogP contribution in [-0.4, -0.2) is 29.9 Å². The first-order valence-corrected chi connectivity index (χ1v) is 6.78. The number of barbiturate groups is 1. The number of carbonyl (C=O) groups excluding carboxylic acids is 3. The van der Waals surface area contributed by atoms with Crippen molar-refractivity contribution in [2.75, 3.05) is 12.0 Å². The molecule has 0 atom stereocenters. The van der Waals surface area contributed by atoms with Gasteiger partial charge in [0.2, 0.25) is 11.8 Å². The lowest BCUT2D eigenvalue weighted by atomic mass is 9.82. The van der Waals surface area contributed by atoms with Gasteiger partial charge in [-0.15, -0.1) is 0 Å². The van der Waals surface area contributed by atoms with Crippen LogP contribution >= 0.6 is 0 Å². The minimum absolute atomic E-state index is 0.331. The molecule has 1 saturated carbocycles. The van der Waals surface area contributed by atoms with E-state index in [0.29, 0.717) is 24.4 Å². The average molecular weight is 289 g/mol. The normalized spacial score (nSPS) is 20.8. The second-order valence-corrected chi connectivity index (χ2v) is 5.25. The van der Waals surface area contributed by atoms with Crippen LogP contribution in [0.15, 0.2) is 18.3 Å². The third-order valence-corrected chi connectivity index (χ3v) is 4.12. The molecule has 110 valence electrons. The number of aromatic nitrogens is 1. The third kappa shape index (κ3) is 1.96. The summed E-state index contributed by atoms with van der Waals surface area (Å²) >= 11 is 0. The van der Waals surface area contributed by atoms with E-state index in [2.05, 4.69) is 10.3 Å². The SMILES string of the molecule is COc1ccc(N2C(=O)NC(=O)C3(CCCC3)C2=O)cn1. The Hall–Kier alpha value is -2.44. The zero-order valence-electron chi connectivity index (χ0n) is 11.6. The highest BCUT2D eigenvalue weighted by atomic mass is 16.5. The van der Waals surface area contributed by atoms with Gasteiger partial charge in [0.15, 0.2) is 0 Å². The maximum absolute atomic E-state index is 12.7. The summed E-state index contributed by atoms with van der Waals surface area (Å²) in [5.74, 6) is -0.552. The predicted octanol–water partition coefficient (Wildman–Crippen LogP) is 1.23. The Morgan fingerprint density at radius 3 is 2.52 bits per heavy atom. The van der Waals surface area contributed by atoms with Crippen molar-refractivity contribution in [2.45, 2.75) is 25.7 Å². The Morgan fingerprint density at radius 2 is 1.95 bits per heavy atom. The number of anilines is 1. The van der Waals surface area contributed by atoms with Crippen LogP contribution in [0.1, 0.15) is 25.7 Å². The summed E-state index contributed by atoms with van der Waals surface area (Å²) < 4.78 is 4.95. The first-order valence-electron chi connectivity index (χ1n) is 6.78. The Labute approximate surface area is 121 Å². The van der Waals surface area contributed by atoms with Gasteiger partial charge in [-0.05, 0) is 18.9 Å². The van der Waals surface area contributed by atoms with E-state index in [9.17, 15) is 14.4 Å². The van der Waals surface area contributed by atoms with Gasteiger partial charge in [0.1, 0.15) is 5.41 Å². The monoisotopic (exact) mass is 289 g/mol. The summed E-state index contributed by atoms with van der Waals surface area (Å²) in [5.41, 5.74) is -0.773. The maximum Gasteiger partial charge on any atom is 0.335 e. The van der Waals surface area contributed by atoms with E-state index < -0.39 is 23.3 Å². The average Bonchev–Trinajstić information content (AvgIpc) is 2.97. The Balaban J connectivity index is 1.98. The summed E-state index contributed by atoms with van der Waals surface area (Å²) in [7, 11) is 1.48. The Bertz CT molecular complexity index is 605. The number of imide groups is 2. The Morgan fingerprint density at radius 1 is 1.24 bits per heavy atom. The largest absolute Gasteiger partial charge is 0.481 e. The summed E-state index contributed by atoms with van der Waals surface area (Å²) in [6.45, 7) is 0. The van der Waals surface area contributed by atoms with E-state index >= 15 is 0 Å². The van der Waals surface area contributed by atoms with Gasteiger partial charge in [0, 0.05) is 6.07 Å². The van der Waals surface area contributed by atoms with Crippen molar-refractivity contribution >= 4 is 23.5 Å². The third-order valence-electron chi connectivity index (χ3n) is 4.12. The number of rotatable bonds is 2. The molecule has 1 aliphatic carbocycles. The van der Waals surface area contributed by atoms with Crippen molar-refractivity contribution in [3.05, 3.63) is 18.3 Å². The molecule has 1 aromatic rings. The quantitative estimate of drug-likeness (QED) is 0.827. The minimum Gasteiger partial charge on any atom is -0.481 e. The van der Waals surface area contributed by atoms with Crippen LogP contribution in [0.25, 0.3) is 0 Å². The number of hydrogen-bond donors (Lipinski definition) is 1.